The molecular formula is C11H14N2. The van der Waals surface area contributed by atoms with Crippen LogP contribution in [-0.4, -0.2) is 9.97 Å². The summed E-state index contributed by atoms with van der Waals surface area (Å²) in [7, 11) is 0. The lowest BCUT2D eigenvalue weighted by Gasteiger charge is -2.07. The normalized spacial score (nSPS) is 11.4. The second kappa shape index (κ2) is 2.87. The van der Waals surface area contributed by atoms with Crippen molar-refractivity contribution in [2.24, 2.45) is 0 Å². The lowest BCUT2D eigenvalue weighted by molar-refractivity contribution is 0.871. The summed E-state index contributed by atoms with van der Waals surface area (Å²) in [6.07, 6.45) is 1.95. The van der Waals surface area contributed by atoms with Gasteiger partial charge in [-0.3, -0.25) is 0 Å². The van der Waals surface area contributed by atoms with E-state index in [-0.39, 0.29) is 0 Å². The fourth-order valence-electron chi connectivity index (χ4n) is 1.68. The summed E-state index contributed by atoms with van der Waals surface area (Å²) < 4.78 is 0. The molecule has 2 nitrogen and oxygen atoms in total. The van der Waals surface area contributed by atoms with Crippen molar-refractivity contribution in [2.45, 2.75) is 26.7 Å². The Morgan fingerprint density at radius 1 is 1.38 bits per heavy atom. The predicted octanol–water partition coefficient (Wildman–Crippen LogP) is 2.99. The second-order valence-corrected chi connectivity index (χ2v) is 3.75. The second-order valence-electron chi connectivity index (χ2n) is 3.75. The number of nitrogens with one attached hydrogen (secondary N) is 1. The molecule has 0 radical (unpaired) electrons. The molecule has 0 fully saturated rings. The summed E-state index contributed by atoms with van der Waals surface area (Å²) in [5.74, 6) is 0.556. The van der Waals surface area contributed by atoms with E-state index in [1.165, 1.54) is 10.9 Å². The van der Waals surface area contributed by atoms with E-state index in [1.807, 2.05) is 13.1 Å². The summed E-state index contributed by atoms with van der Waals surface area (Å²) in [5.41, 5.74) is 3.46. The number of fused-ring (bicyclic) bond motifs is 1. The first-order chi connectivity index (χ1) is 6.18. The van der Waals surface area contributed by atoms with E-state index in [0.29, 0.717) is 5.92 Å². The fraction of sp³-hybridized carbons (Fsp3) is 0.364. The van der Waals surface area contributed by atoms with E-state index in [2.05, 4.69) is 35.9 Å². The summed E-state index contributed by atoms with van der Waals surface area (Å²) in [4.78, 5) is 7.57. The Morgan fingerprint density at radius 3 is 2.85 bits per heavy atom. The van der Waals surface area contributed by atoms with Crippen molar-refractivity contribution >= 4 is 11.0 Å². The van der Waals surface area contributed by atoms with E-state index >= 15 is 0 Å². The van der Waals surface area contributed by atoms with Crippen LogP contribution in [0.3, 0.4) is 0 Å². The van der Waals surface area contributed by atoms with Crippen molar-refractivity contribution in [2.75, 3.05) is 0 Å². The minimum atomic E-state index is 0.556. The Morgan fingerprint density at radius 2 is 2.15 bits per heavy atom. The molecule has 2 heteroatoms. The van der Waals surface area contributed by atoms with E-state index in [9.17, 15) is 0 Å². The third-order valence-corrected chi connectivity index (χ3v) is 2.31. The van der Waals surface area contributed by atoms with Crippen LogP contribution in [0.4, 0.5) is 0 Å². The van der Waals surface area contributed by atoms with Gasteiger partial charge in [-0.05, 0) is 30.5 Å². The van der Waals surface area contributed by atoms with Gasteiger partial charge in [-0.25, -0.2) is 4.98 Å². The fourth-order valence-corrected chi connectivity index (χ4v) is 1.68. The Labute approximate surface area is 78.0 Å². The van der Waals surface area contributed by atoms with Crippen molar-refractivity contribution in [3.8, 4) is 0 Å². The van der Waals surface area contributed by atoms with Crippen LogP contribution < -0.4 is 0 Å². The molecule has 2 rings (SSSR count). The number of hydrogen-bond acceptors (Lipinski definition) is 1. The van der Waals surface area contributed by atoms with Gasteiger partial charge in [0.05, 0.1) is 0 Å². The van der Waals surface area contributed by atoms with E-state index in [1.54, 1.807) is 0 Å². The highest BCUT2D eigenvalue weighted by molar-refractivity contribution is 5.80. The van der Waals surface area contributed by atoms with Crippen LogP contribution >= 0.6 is 0 Å². The molecule has 0 unspecified atom stereocenters. The van der Waals surface area contributed by atoms with Gasteiger partial charge in [0.1, 0.15) is 5.65 Å². The number of H-pyrrole nitrogens is 1. The molecule has 0 aliphatic rings. The minimum absolute atomic E-state index is 0.556. The van der Waals surface area contributed by atoms with Crippen LogP contribution in [-0.2, 0) is 0 Å². The minimum Gasteiger partial charge on any atom is -0.346 e. The molecule has 0 saturated heterocycles. The van der Waals surface area contributed by atoms with Gasteiger partial charge in [-0.2, -0.15) is 0 Å². The van der Waals surface area contributed by atoms with Crippen LogP contribution in [0.25, 0.3) is 11.0 Å². The molecule has 13 heavy (non-hydrogen) atoms. The number of pyridine rings is 1. The smallest absolute Gasteiger partial charge is 0.137 e. The zero-order valence-electron chi connectivity index (χ0n) is 8.26. The summed E-state index contributed by atoms with van der Waals surface area (Å²) in [6.45, 7) is 6.45. The van der Waals surface area contributed by atoms with Crippen molar-refractivity contribution < 1.29 is 0 Å². The van der Waals surface area contributed by atoms with Crippen LogP contribution in [0.2, 0.25) is 0 Å². The molecule has 2 heterocycles. The molecular weight excluding hydrogens is 160 g/mol. The number of aromatic amines is 1. The Balaban J connectivity index is 2.77. The highest BCUT2D eigenvalue weighted by Crippen LogP contribution is 2.24. The summed E-state index contributed by atoms with van der Waals surface area (Å²) in [6, 6.07) is 4.26. The molecule has 0 atom stereocenters. The zero-order chi connectivity index (χ0) is 9.42. The first-order valence-electron chi connectivity index (χ1n) is 4.63. The van der Waals surface area contributed by atoms with Gasteiger partial charge in [0, 0.05) is 17.3 Å². The maximum atomic E-state index is 4.42. The summed E-state index contributed by atoms with van der Waals surface area (Å²) >= 11 is 0. The van der Waals surface area contributed by atoms with E-state index in [4.69, 9.17) is 0 Å². The number of aromatic nitrogens is 2. The molecule has 0 aromatic carbocycles. The molecule has 68 valence electrons. The monoisotopic (exact) mass is 174 g/mol. The molecule has 0 aliphatic heterocycles. The zero-order valence-corrected chi connectivity index (χ0v) is 8.26. The lowest BCUT2D eigenvalue weighted by atomic mass is 10.0. The maximum Gasteiger partial charge on any atom is 0.137 e. The van der Waals surface area contributed by atoms with Gasteiger partial charge in [-0.1, -0.05) is 13.8 Å². The lowest BCUT2D eigenvalue weighted by Crippen LogP contribution is -1.92. The van der Waals surface area contributed by atoms with E-state index in [0.717, 1.165) is 11.3 Å². The largest absolute Gasteiger partial charge is 0.346 e. The first-order valence-corrected chi connectivity index (χ1v) is 4.63. The van der Waals surface area contributed by atoms with Crippen LogP contribution in [0.5, 0.6) is 0 Å². The molecule has 2 aromatic heterocycles. The van der Waals surface area contributed by atoms with Crippen LogP contribution in [0.15, 0.2) is 18.3 Å². The highest BCUT2D eigenvalue weighted by Gasteiger charge is 2.07. The molecule has 1 N–H and O–H groups in total. The molecule has 0 aliphatic carbocycles. The van der Waals surface area contributed by atoms with Gasteiger partial charge in [0.15, 0.2) is 0 Å². The van der Waals surface area contributed by atoms with Gasteiger partial charge in [0.2, 0.25) is 0 Å². The van der Waals surface area contributed by atoms with Crippen LogP contribution in [0, 0.1) is 6.92 Å². The van der Waals surface area contributed by atoms with Gasteiger partial charge >= 0.3 is 0 Å². The Kier molecular flexibility index (Phi) is 1.83. The van der Waals surface area contributed by atoms with Gasteiger partial charge in [-0.15, -0.1) is 0 Å². The van der Waals surface area contributed by atoms with Crippen molar-refractivity contribution in [3.63, 3.8) is 0 Å². The van der Waals surface area contributed by atoms with E-state index < -0.39 is 0 Å². The third-order valence-electron chi connectivity index (χ3n) is 2.31. The Hall–Kier alpha value is -1.31. The summed E-state index contributed by atoms with van der Waals surface area (Å²) in [5, 5.41) is 1.25. The number of aryl methyl sites for hydroxylation is 1. The maximum absolute atomic E-state index is 4.42. The van der Waals surface area contributed by atoms with Crippen molar-refractivity contribution in [1.29, 1.82) is 0 Å². The molecule has 2 aromatic rings. The van der Waals surface area contributed by atoms with Gasteiger partial charge < -0.3 is 4.98 Å². The molecule has 0 spiro atoms. The quantitative estimate of drug-likeness (QED) is 0.707. The molecule has 0 saturated carbocycles. The average Bonchev–Trinajstić information content (AvgIpc) is 2.49. The average molecular weight is 174 g/mol. The van der Waals surface area contributed by atoms with Crippen molar-refractivity contribution in [3.05, 3.63) is 29.6 Å². The first kappa shape index (κ1) is 8.30. The third kappa shape index (κ3) is 1.32. The molecule has 0 bridgehead atoms. The topological polar surface area (TPSA) is 28.7 Å². The standard InChI is InChI=1S/C11H14N2/c1-7(2)10-6-8(3)13-11-9(10)4-5-12-11/h4-7H,1-3H3,(H,12,13). The predicted molar refractivity (Wildman–Crippen MR) is 54.9 cm³/mol. The number of nitrogens with zero attached hydrogens (tertiary/aromatic N) is 1. The Bertz CT molecular complexity index is 427. The number of hydrogen-bond donors (Lipinski definition) is 1. The highest BCUT2D eigenvalue weighted by atomic mass is 14.8. The van der Waals surface area contributed by atoms with Gasteiger partial charge in [0.25, 0.3) is 0 Å². The molecule has 0 amide bonds. The number of rotatable bonds is 1. The van der Waals surface area contributed by atoms with Crippen LogP contribution in [0.1, 0.15) is 31.0 Å². The SMILES string of the molecule is Cc1cc(C(C)C)c2cc[nH]c2n1. The van der Waals surface area contributed by atoms with Crippen molar-refractivity contribution in [1.82, 2.24) is 9.97 Å².